The van der Waals surface area contributed by atoms with Crippen LogP contribution in [-0.4, -0.2) is 40.9 Å². The summed E-state index contributed by atoms with van der Waals surface area (Å²) in [6, 6.07) is 6.96. The van der Waals surface area contributed by atoms with E-state index in [0.717, 1.165) is 10.5 Å². The molecule has 0 aromatic heterocycles. The molecule has 0 fully saturated rings. The fourth-order valence-corrected chi connectivity index (χ4v) is 1.51. The van der Waals surface area contributed by atoms with Gasteiger partial charge >= 0.3 is 0 Å². The Balaban J connectivity index is 0. The second kappa shape index (κ2) is 16.2. The van der Waals surface area contributed by atoms with Crippen LogP contribution in [0.1, 0.15) is 50.0 Å². The summed E-state index contributed by atoms with van der Waals surface area (Å²) in [5, 5.41) is 9.34. The molecule has 1 aromatic rings. The number of imide groups is 1. The standard InChI is InChI=1S/C12H14ClNO3.C4H8.C3H8/c1-9-4-2-3-5-11(9)12(17)14(8-15)7-10(16)6-13;1-3-4-2;1-3-2/h2-5,8,10,16H,6-7H2,1H3;3-4H,1-2H3;3H2,1-2H3/b;4-3-;. The van der Waals surface area contributed by atoms with Crippen molar-refractivity contribution in [2.75, 3.05) is 12.4 Å². The molecule has 0 aliphatic rings. The first-order valence-corrected chi connectivity index (χ1v) is 8.59. The molecule has 0 saturated heterocycles. The monoisotopic (exact) mass is 355 g/mol. The highest BCUT2D eigenvalue weighted by atomic mass is 35.5. The maximum absolute atomic E-state index is 12.0. The molecule has 1 N–H and O–H groups in total. The molecule has 1 atom stereocenters. The van der Waals surface area contributed by atoms with Gasteiger partial charge < -0.3 is 5.11 Å². The van der Waals surface area contributed by atoms with Crippen LogP contribution < -0.4 is 0 Å². The molecule has 0 bridgehead atoms. The SMILES string of the molecule is C/C=C\C.CCC.Cc1ccccc1C(=O)N(C=O)CC(O)CCl. The van der Waals surface area contributed by atoms with Gasteiger partial charge in [0, 0.05) is 5.56 Å². The first-order chi connectivity index (χ1) is 11.4. The van der Waals surface area contributed by atoms with E-state index >= 15 is 0 Å². The third-order valence-corrected chi connectivity index (χ3v) is 3.04. The lowest BCUT2D eigenvalue weighted by Crippen LogP contribution is -2.37. The van der Waals surface area contributed by atoms with E-state index in [1.54, 1.807) is 25.1 Å². The second-order valence-corrected chi connectivity index (χ2v) is 5.37. The van der Waals surface area contributed by atoms with E-state index in [1.165, 1.54) is 6.42 Å². The molecule has 1 aromatic carbocycles. The van der Waals surface area contributed by atoms with Gasteiger partial charge in [0.25, 0.3) is 5.91 Å². The number of nitrogens with zero attached hydrogens (tertiary/aromatic N) is 1. The van der Waals surface area contributed by atoms with Crippen LogP contribution in [0.4, 0.5) is 0 Å². The van der Waals surface area contributed by atoms with Gasteiger partial charge in [-0.2, -0.15) is 0 Å². The lowest BCUT2D eigenvalue weighted by molar-refractivity contribution is -0.116. The summed E-state index contributed by atoms with van der Waals surface area (Å²) in [5.74, 6) is -0.451. The van der Waals surface area contributed by atoms with Crippen LogP contribution in [0.5, 0.6) is 0 Å². The van der Waals surface area contributed by atoms with Crippen LogP contribution in [0.3, 0.4) is 0 Å². The van der Waals surface area contributed by atoms with E-state index in [0.29, 0.717) is 12.0 Å². The first kappa shape index (κ1) is 24.6. The van der Waals surface area contributed by atoms with Crippen molar-refractivity contribution in [1.82, 2.24) is 4.90 Å². The molecule has 0 aliphatic heterocycles. The lowest BCUT2D eigenvalue weighted by atomic mass is 10.1. The van der Waals surface area contributed by atoms with Crippen molar-refractivity contribution in [2.24, 2.45) is 0 Å². The van der Waals surface area contributed by atoms with E-state index in [-0.39, 0.29) is 12.4 Å². The largest absolute Gasteiger partial charge is 0.390 e. The van der Waals surface area contributed by atoms with Gasteiger partial charge in [-0.25, -0.2) is 0 Å². The predicted molar refractivity (Wildman–Crippen MR) is 101 cm³/mol. The van der Waals surface area contributed by atoms with Crippen LogP contribution in [-0.2, 0) is 4.79 Å². The summed E-state index contributed by atoms with van der Waals surface area (Å²) in [5.41, 5.74) is 1.23. The van der Waals surface area contributed by atoms with Gasteiger partial charge in [-0.1, -0.05) is 50.6 Å². The van der Waals surface area contributed by atoms with Gasteiger partial charge in [-0.3, -0.25) is 14.5 Å². The zero-order valence-corrected chi connectivity index (χ0v) is 16.1. The molecular weight excluding hydrogens is 326 g/mol. The number of hydrogen-bond donors (Lipinski definition) is 1. The number of allylic oxidation sites excluding steroid dienone is 2. The molecular formula is C19H30ClNO3. The number of aliphatic hydroxyl groups excluding tert-OH is 1. The molecule has 1 rings (SSSR count). The Bertz CT molecular complexity index is 485. The quantitative estimate of drug-likeness (QED) is 0.489. The van der Waals surface area contributed by atoms with E-state index in [1.807, 2.05) is 32.1 Å². The van der Waals surface area contributed by atoms with Gasteiger partial charge in [0.2, 0.25) is 6.41 Å². The lowest BCUT2D eigenvalue weighted by Gasteiger charge is -2.18. The third kappa shape index (κ3) is 11.0. The Morgan fingerprint density at radius 1 is 1.25 bits per heavy atom. The second-order valence-electron chi connectivity index (χ2n) is 5.06. The van der Waals surface area contributed by atoms with Crippen molar-refractivity contribution in [2.45, 2.75) is 47.1 Å². The minimum atomic E-state index is -0.908. The summed E-state index contributed by atoms with van der Waals surface area (Å²) in [6.45, 7) is 9.94. The topological polar surface area (TPSA) is 57.6 Å². The fraction of sp³-hybridized carbons (Fsp3) is 0.474. The highest BCUT2D eigenvalue weighted by Gasteiger charge is 2.19. The summed E-state index contributed by atoms with van der Waals surface area (Å²) in [4.78, 5) is 23.7. The number of benzene rings is 1. The Morgan fingerprint density at radius 2 is 1.75 bits per heavy atom. The predicted octanol–water partition coefficient (Wildman–Crippen LogP) is 4.19. The summed E-state index contributed by atoms with van der Waals surface area (Å²) < 4.78 is 0. The zero-order chi connectivity index (χ0) is 19.0. The maximum Gasteiger partial charge on any atom is 0.260 e. The van der Waals surface area contributed by atoms with Crippen molar-refractivity contribution in [3.8, 4) is 0 Å². The highest BCUT2D eigenvalue weighted by Crippen LogP contribution is 2.10. The van der Waals surface area contributed by atoms with Crippen molar-refractivity contribution in [1.29, 1.82) is 0 Å². The Kier molecular flexibility index (Phi) is 16.6. The first-order valence-electron chi connectivity index (χ1n) is 8.06. The number of amides is 2. The van der Waals surface area contributed by atoms with Crippen LogP contribution >= 0.6 is 11.6 Å². The summed E-state index contributed by atoms with van der Waals surface area (Å²) in [6.07, 6.45) is 4.75. The molecule has 2 amide bonds. The molecule has 24 heavy (non-hydrogen) atoms. The number of carbonyl (C=O) groups excluding carboxylic acids is 2. The number of aliphatic hydroxyl groups is 1. The highest BCUT2D eigenvalue weighted by molar-refractivity contribution is 6.18. The molecule has 0 saturated carbocycles. The van der Waals surface area contributed by atoms with Crippen molar-refractivity contribution in [3.63, 3.8) is 0 Å². The van der Waals surface area contributed by atoms with Crippen LogP contribution in [0.15, 0.2) is 36.4 Å². The molecule has 4 nitrogen and oxygen atoms in total. The number of halogens is 1. The van der Waals surface area contributed by atoms with Gasteiger partial charge in [0.05, 0.1) is 18.5 Å². The number of carbonyl (C=O) groups is 2. The van der Waals surface area contributed by atoms with Crippen LogP contribution in [0.2, 0.25) is 0 Å². The minimum Gasteiger partial charge on any atom is -0.390 e. The number of hydrogen-bond acceptors (Lipinski definition) is 3. The molecule has 0 heterocycles. The maximum atomic E-state index is 12.0. The number of rotatable bonds is 5. The Hall–Kier alpha value is -1.65. The smallest absolute Gasteiger partial charge is 0.260 e. The average molecular weight is 356 g/mol. The van der Waals surface area contributed by atoms with E-state index in [4.69, 9.17) is 11.6 Å². The molecule has 1 unspecified atom stereocenters. The fourth-order valence-electron chi connectivity index (χ4n) is 1.42. The van der Waals surface area contributed by atoms with Crippen molar-refractivity contribution >= 4 is 23.9 Å². The zero-order valence-electron chi connectivity index (χ0n) is 15.3. The molecule has 0 spiro atoms. The van der Waals surface area contributed by atoms with Crippen LogP contribution in [0, 0.1) is 6.92 Å². The van der Waals surface area contributed by atoms with Crippen molar-refractivity contribution < 1.29 is 14.7 Å². The minimum absolute atomic E-state index is 0.0224. The Morgan fingerprint density at radius 3 is 2.12 bits per heavy atom. The summed E-state index contributed by atoms with van der Waals surface area (Å²) in [7, 11) is 0. The normalized spacial score (nSPS) is 10.8. The molecule has 5 heteroatoms. The van der Waals surface area contributed by atoms with Gasteiger partial charge in [-0.05, 0) is 32.4 Å². The number of alkyl halides is 1. The van der Waals surface area contributed by atoms with E-state index < -0.39 is 12.0 Å². The molecule has 136 valence electrons. The van der Waals surface area contributed by atoms with E-state index in [2.05, 4.69) is 13.8 Å². The van der Waals surface area contributed by atoms with Crippen molar-refractivity contribution in [3.05, 3.63) is 47.5 Å². The van der Waals surface area contributed by atoms with E-state index in [9.17, 15) is 14.7 Å². The molecule has 0 radical (unpaired) electrons. The Labute approximate surface area is 151 Å². The molecule has 0 aliphatic carbocycles. The average Bonchev–Trinajstić information content (AvgIpc) is 2.60. The third-order valence-electron chi connectivity index (χ3n) is 2.68. The van der Waals surface area contributed by atoms with Gasteiger partial charge in [-0.15, -0.1) is 11.6 Å². The summed E-state index contributed by atoms with van der Waals surface area (Å²) >= 11 is 5.43. The van der Waals surface area contributed by atoms with Gasteiger partial charge in [0.1, 0.15) is 0 Å². The van der Waals surface area contributed by atoms with Crippen LogP contribution in [0.25, 0.3) is 0 Å². The number of aryl methyl sites for hydroxylation is 1. The van der Waals surface area contributed by atoms with Gasteiger partial charge in [0.15, 0.2) is 0 Å².